The van der Waals surface area contributed by atoms with Gasteiger partial charge in [-0.05, 0) is 24.3 Å². The van der Waals surface area contributed by atoms with E-state index in [-0.39, 0.29) is 5.56 Å². The summed E-state index contributed by atoms with van der Waals surface area (Å²) in [5.74, 6) is -0.706. The molecule has 2 aromatic heterocycles. The predicted octanol–water partition coefficient (Wildman–Crippen LogP) is 1.92. The van der Waals surface area contributed by atoms with Crippen LogP contribution < -0.4 is 5.32 Å². The van der Waals surface area contributed by atoms with Gasteiger partial charge >= 0.3 is 5.97 Å². The van der Waals surface area contributed by atoms with E-state index in [2.05, 4.69) is 15.3 Å². The van der Waals surface area contributed by atoms with E-state index in [4.69, 9.17) is 5.11 Å². The lowest BCUT2D eigenvalue weighted by molar-refractivity contribution is 0.0697. The van der Waals surface area contributed by atoms with Crippen molar-refractivity contribution >= 4 is 17.5 Å². The summed E-state index contributed by atoms with van der Waals surface area (Å²) in [7, 11) is 0. The topological polar surface area (TPSA) is 75.1 Å². The molecule has 0 aliphatic heterocycles. The van der Waals surface area contributed by atoms with Crippen LogP contribution in [0.3, 0.4) is 0 Å². The third-order valence-electron chi connectivity index (χ3n) is 1.96. The fourth-order valence-corrected chi connectivity index (χ4v) is 1.25. The van der Waals surface area contributed by atoms with E-state index < -0.39 is 5.97 Å². The second-order valence-electron chi connectivity index (χ2n) is 3.07. The van der Waals surface area contributed by atoms with Crippen LogP contribution in [0.1, 0.15) is 10.4 Å². The molecule has 2 aromatic rings. The summed E-state index contributed by atoms with van der Waals surface area (Å²) in [5.41, 5.74) is 0.829. The maximum atomic E-state index is 10.9. The van der Waals surface area contributed by atoms with E-state index >= 15 is 0 Å². The highest BCUT2D eigenvalue weighted by atomic mass is 16.4. The van der Waals surface area contributed by atoms with Crippen LogP contribution in [0.15, 0.2) is 42.9 Å². The number of carboxylic acid groups (broad SMARTS) is 1. The predicted molar refractivity (Wildman–Crippen MR) is 58.7 cm³/mol. The second-order valence-corrected chi connectivity index (χ2v) is 3.07. The first-order chi connectivity index (χ1) is 7.77. The number of hydrogen-bond acceptors (Lipinski definition) is 4. The lowest BCUT2D eigenvalue weighted by atomic mass is 10.2. The first kappa shape index (κ1) is 10.1. The zero-order valence-corrected chi connectivity index (χ0v) is 8.29. The molecule has 0 bridgehead atoms. The van der Waals surface area contributed by atoms with E-state index in [1.807, 2.05) is 0 Å². The molecule has 0 aliphatic carbocycles. The number of pyridine rings is 2. The van der Waals surface area contributed by atoms with Crippen LogP contribution in [-0.4, -0.2) is 21.0 Å². The summed E-state index contributed by atoms with van der Waals surface area (Å²) >= 11 is 0. The molecule has 0 saturated heterocycles. The van der Waals surface area contributed by atoms with Gasteiger partial charge in [-0.3, -0.25) is 4.98 Å². The number of hydrogen-bond donors (Lipinski definition) is 2. The molecule has 0 amide bonds. The molecule has 0 radical (unpaired) electrons. The summed E-state index contributed by atoms with van der Waals surface area (Å²) < 4.78 is 0. The number of nitrogens with zero attached hydrogens (tertiary/aromatic N) is 2. The minimum absolute atomic E-state index is 0.131. The Bertz CT molecular complexity index is 500. The van der Waals surface area contributed by atoms with Crippen LogP contribution in [0.4, 0.5) is 11.5 Å². The maximum Gasteiger partial charge on any atom is 0.339 e. The summed E-state index contributed by atoms with van der Waals surface area (Å²) in [6.45, 7) is 0. The summed E-state index contributed by atoms with van der Waals surface area (Å²) in [6.07, 6.45) is 4.77. The van der Waals surface area contributed by atoms with Crippen molar-refractivity contribution in [1.29, 1.82) is 0 Å². The molecule has 0 aliphatic rings. The molecule has 0 fully saturated rings. The van der Waals surface area contributed by atoms with Crippen molar-refractivity contribution in [2.45, 2.75) is 0 Å². The minimum atomic E-state index is -1.01. The van der Waals surface area contributed by atoms with Crippen LogP contribution in [0.5, 0.6) is 0 Å². The van der Waals surface area contributed by atoms with Crippen molar-refractivity contribution in [2.75, 3.05) is 5.32 Å². The zero-order chi connectivity index (χ0) is 11.4. The van der Waals surface area contributed by atoms with E-state index in [1.54, 1.807) is 30.6 Å². The Morgan fingerprint density at radius 1 is 1.25 bits per heavy atom. The van der Waals surface area contributed by atoms with Gasteiger partial charge in [0.25, 0.3) is 0 Å². The number of carbonyl (C=O) groups is 1. The molecule has 0 saturated carbocycles. The standard InChI is InChI=1S/C11H9N3O2/c15-11(16)9-4-2-6-13-10(9)14-8-3-1-5-12-7-8/h1-7H,(H,13,14)(H,15,16). The molecule has 5 nitrogen and oxygen atoms in total. The van der Waals surface area contributed by atoms with Crippen LogP contribution in [0.25, 0.3) is 0 Å². The molecule has 80 valence electrons. The summed E-state index contributed by atoms with van der Waals surface area (Å²) in [4.78, 5) is 18.8. The van der Waals surface area contributed by atoms with Gasteiger partial charge in [0.15, 0.2) is 0 Å². The Hall–Kier alpha value is -2.43. The van der Waals surface area contributed by atoms with Gasteiger partial charge in [-0.2, -0.15) is 0 Å². The van der Waals surface area contributed by atoms with E-state index in [0.717, 1.165) is 0 Å². The fraction of sp³-hybridized carbons (Fsp3) is 0. The number of aromatic carboxylic acids is 1. The van der Waals surface area contributed by atoms with Gasteiger partial charge in [0.2, 0.25) is 0 Å². The monoisotopic (exact) mass is 215 g/mol. The molecule has 0 unspecified atom stereocenters. The molecule has 16 heavy (non-hydrogen) atoms. The number of anilines is 2. The largest absolute Gasteiger partial charge is 0.478 e. The molecule has 0 aromatic carbocycles. The third-order valence-corrected chi connectivity index (χ3v) is 1.96. The molecular formula is C11H9N3O2. The quantitative estimate of drug-likeness (QED) is 0.818. The molecule has 5 heteroatoms. The Morgan fingerprint density at radius 3 is 2.75 bits per heavy atom. The number of rotatable bonds is 3. The molecule has 2 N–H and O–H groups in total. The third kappa shape index (κ3) is 2.14. The van der Waals surface area contributed by atoms with Crippen LogP contribution >= 0.6 is 0 Å². The zero-order valence-electron chi connectivity index (χ0n) is 8.29. The van der Waals surface area contributed by atoms with Crippen LogP contribution in [0, 0.1) is 0 Å². The number of carboxylic acids is 1. The van der Waals surface area contributed by atoms with Gasteiger partial charge in [0, 0.05) is 12.4 Å². The highest BCUT2D eigenvalue weighted by Crippen LogP contribution is 2.16. The lowest BCUT2D eigenvalue weighted by Crippen LogP contribution is -2.04. The minimum Gasteiger partial charge on any atom is -0.478 e. The second kappa shape index (κ2) is 4.39. The van der Waals surface area contributed by atoms with Crippen molar-refractivity contribution in [1.82, 2.24) is 9.97 Å². The Balaban J connectivity index is 2.31. The van der Waals surface area contributed by atoms with Crippen molar-refractivity contribution < 1.29 is 9.90 Å². The molecule has 0 spiro atoms. The van der Waals surface area contributed by atoms with Gasteiger partial charge in [-0.25, -0.2) is 9.78 Å². The average Bonchev–Trinajstić information content (AvgIpc) is 2.31. The molecule has 0 atom stereocenters. The van der Waals surface area contributed by atoms with Crippen molar-refractivity contribution in [3.05, 3.63) is 48.4 Å². The number of nitrogens with one attached hydrogen (secondary N) is 1. The SMILES string of the molecule is O=C(O)c1cccnc1Nc1cccnc1. The van der Waals surface area contributed by atoms with Crippen molar-refractivity contribution in [3.63, 3.8) is 0 Å². The highest BCUT2D eigenvalue weighted by molar-refractivity contribution is 5.93. The summed E-state index contributed by atoms with van der Waals surface area (Å²) in [5, 5.41) is 11.8. The first-order valence-corrected chi connectivity index (χ1v) is 4.63. The van der Waals surface area contributed by atoms with E-state index in [0.29, 0.717) is 11.5 Å². The Kier molecular flexibility index (Phi) is 2.77. The summed E-state index contributed by atoms with van der Waals surface area (Å²) in [6, 6.07) is 6.62. The normalized spacial score (nSPS) is 9.75. The number of aromatic nitrogens is 2. The smallest absolute Gasteiger partial charge is 0.339 e. The van der Waals surface area contributed by atoms with Gasteiger partial charge < -0.3 is 10.4 Å². The van der Waals surface area contributed by atoms with Gasteiger partial charge in [-0.15, -0.1) is 0 Å². The molecular weight excluding hydrogens is 206 g/mol. The van der Waals surface area contributed by atoms with Gasteiger partial charge in [0.05, 0.1) is 11.9 Å². The van der Waals surface area contributed by atoms with Crippen molar-refractivity contribution in [2.24, 2.45) is 0 Å². The van der Waals surface area contributed by atoms with Gasteiger partial charge in [0.1, 0.15) is 11.4 Å². The molecule has 2 heterocycles. The van der Waals surface area contributed by atoms with Crippen LogP contribution in [-0.2, 0) is 0 Å². The maximum absolute atomic E-state index is 10.9. The molecule has 2 rings (SSSR count). The van der Waals surface area contributed by atoms with E-state index in [9.17, 15) is 4.79 Å². The Morgan fingerprint density at radius 2 is 2.06 bits per heavy atom. The van der Waals surface area contributed by atoms with Gasteiger partial charge in [-0.1, -0.05) is 0 Å². The lowest BCUT2D eigenvalue weighted by Gasteiger charge is -2.06. The fourth-order valence-electron chi connectivity index (χ4n) is 1.25. The Labute approximate surface area is 91.8 Å². The van der Waals surface area contributed by atoms with E-state index in [1.165, 1.54) is 12.3 Å². The van der Waals surface area contributed by atoms with Crippen molar-refractivity contribution in [3.8, 4) is 0 Å². The first-order valence-electron chi connectivity index (χ1n) is 4.63. The highest BCUT2D eigenvalue weighted by Gasteiger charge is 2.10. The van der Waals surface area contributed by atoms with Crippen LogP contribution in [0.2, 0.25) is 0 Å². The average molecular weight is 215 g/mol.